The predicted molar refractivity (Wildman–Crippen MR) is 55.7 cm³/mol. The minimum absolute atomic E-state index is 0.131. The molecule has 0 atom stereocenters. The number of aromatic hydroxyl groups is 2. The molecule has 0 unspecified atom stereocenters. The molecule has 16 heavy (non-hydrogen) atoms. The summed E-state index contributed by atoms with van der Waals surface area (Å²) in [5.41, 5.74) is 6.21. The average molecular weight is 221 g/mol. The Labute approximate surface area is 91.3 Å². The van der Waals surface area contributed by atoms with Gasteiger partial charge >= 0.3 is 0 Å². The Hall–Kier alpha value is -2.08. The standard InChI is InChI=1S/C10H11N3O3/c1-5-2-3-6(9(15)8(5)14)10-12-7(4-11)16-13-10/h2-3,14-15H,4,11H2,1H3. The van der Waals surface area contributed by atoms with Gasteiger partial charge in [0.25, 0.3) is 0 Å². The van der Waals surface area contributed by atoms with Crippen molar-refractivity contribution in [1.29, 1.82) is 0 Å². The number of hydrogen-bond acceptors (Lipinski definition) is 6. The Bertz CT molecular complexity index is 522. The fourth-order valence-electron chi connectivity index (χ4n) is 1.31. The maximum Gasteiger partial charge on any atom is 0.240 e. The zero-order valence-corrected chi connectivity index (χ0v) is 8.64. The quantitative estimate of drug-likeness (QED) is 0.651. The number of phenolic OH excluding ortho intramolecular Hbond substituents is 2. The number of aromatic nitrogens is 2. The largest absolute Gasteiger partial charge is 0.504 e. The van der Waals surface area contributed by atoms with Crippen LogP contribution in [0.1, 0.15) is 11.5 Å². The second-order valence-electron chi connectivity index (χ2n) is 3.34. The van der Waals surface area contributed by atoms with Crippen LogP contribution in [0, 0.1) is 6.92 Å². The summed E-state index contributed by atoms with van der Waals surface area (Å²) >= 11 is 0. The third kappa shape index (κ3) is 1.59. The van der Waals surface area contributed by atoms with E-state index in [0.29, 0.717) is 11.1 Å². The highest BCUT2D eigenvalue weighted by Crippen LogP contribution is 2.37. The zero-order chi connectivity index (χ0) is 11.7. The van der Waals surface area contributed by atoms with Gasteiger partial charge in [-0.25, -0.2) is 0 Å². The molecule has 6 nitrogen and oxygen atoms in total. The topological polar surface area (TPSA) is 105 Å². The summed E-state index contributed by atoms with van der Waals surface area (Å²) in [6, 6.07) is 3.26. The van der Waals surface area contributed by atoms with Gasteiger partial charge in [0.1, 0.15) is 0 Å². The molecule has 0 spiro atoms. The fourth-order valence-corrected chi connectivity index (χ4v) is 1.31. The maximum atomic E-state index is 9.71. The van der Waals surface area contributed by atoms with Crippen molar-refractivity contribution in [3.05, 3.63) is 23.6 Å². The molecule has 0 aliphatic heterocycles. The fraction of sp³-hybridized carbons (Fsp3) is 0.200. The Balaban J connectivity index is 2.52. The molecular weight excluding hydrogens is 210 g/mol. The first-order chi connectivity index (χ1) is 7.63. The molecule has 0 radical (unpaired) electrons. The van der Waals surface area contributed by atoms with Crippen molar-refractivity contribution in [1.82, 2.24) is 10.1 Å². The Morgan fingerprint density at radius 1 is 1.31 bits per heavy atom. The van der Waals surface area contributed by atoms with Gasteiger partial charge in [-0.15, -0.1) is 0 Å². The van der Waals surface area contributed by atoms with Crippen LogP contribution in [0.2, 0.25) is 0 Å². The summed E-state index contributed by atoms with van der Waals surface area (Å²) in [7, 11) is 0. The van der Waals surface area contributed by atoms with E-state index >= 15 is 0 Å². The lowest BCUT2D eigenvalue weighted by Gasteiger charge is -2.04. The SMILES string of the molecule is Cc1ccc(-c2noc(CN)n2)c(O)c1O. The number of nitrogens with two attached hydrogens (primary N) is 1. The molecule has 0 aliphatic carbocycles. The van der Waals surface area contributed by atoms with E-state index in [9.17, 15) is 10.2 Å². The smallest absolute Gasteiger partial charge is 0.240 e. The van der Waals surface area contributed by atoms with E-state index in [1.54, 1.807) is 19.1 Å². The average Bonchev–Trinajstić information content (AvgIpc) is 2.74. The molecule has 0 aliphatic rings. The lowest BCUT2D eigenvalue weighted by Crippen LogP contribution is -1.95. The molecule has 0 saturated carbocycles. The third-order valence-corrected chi connectivity index (χ3v) is 2.24. The van der Waals surface area contributed by atoms with Crippen LogP contribution < -0.4 is 5.73 Å². The monoisotopic (exact) mass is 221 g/mol. The van der Waals surface area contributed by atoms with E-state index in [1.807, 2.05) is 0 Å². The Morgan fingerprint density at radius 3 is 2.69 bits per heavy atom. The van der Waals surface area contributed by atoms with Crippen molar-refractivity contribution in [3.8, 4) is 22.9 Å². The summed E-state index contributed by atoms with van der Waals surface area (Å²) < 4.78 is 4.81. The minimum atomic E-state index is -0.260. The van der Waals surface area contributed by atoms with E-state index in [-0.39, 0.29) is 29.8 Å². The highest BCUT2D eigenvalue weighted by molar-refractivity contribution is 5.69. The molecule has 6 heteroatoms. The number of rotatable bonds is 2. The van der Waals surface area contributed by atoms with Crippen LogP contribution in [-0.4, -0.2) is 20.4 Å². The second kappa shape index (κ2) is 3.82. The molecule has 1 heterocycles. The molecular formula is C10H11N3O3. The van der Waals surface area contributed by atoms with Crippen molar-refractivity contribution in [2.75, 3.05) is 0 Å². The zero-order valence-electron chi connectivity index (χ0n) is 8.64. The van der Waals surface area contributed by atoms with Crippen LogP contribution in [0.4, 0.5) is 0 Å². The number of hydrogen-bond donors (Lipinski definition) is 3. The molecule has 0 fully saturated rings. The van der Waals surface area contributed by atoms with Crippen LogP contribution in [-0.2, 0) is 6.54 Å². The molecule has 2 rings (SSSR count). The summed E-state index contributed by atoms with van der Waals surface area (Å²) in [6.07, 6.45) is 0. The summed E-state index contributed by atoms with van der Waals surface area (Å²) in [5, 5.41) is 22.9. The number of aryl methyl sites for hydroxylation is 1. The van der Waals surface area contributed by atoms with Crippen molar-refractivity contribution in [2.24, 2.45) is 5.73 Å². The second-order valence-corrected chi connectivity index (χ2v) is 3.34. The van der Waals surface area contributed by atoms with E-state index in [4.69, 9.17) is 10.3 Å². The van der Waals surface area contributed by atoms with Crippen LogP contribution in [0.15, 0.2) is 16.7 Å². The Morgan fingerprint density at radius 2 is 2.06 bits per heavy atom. The van der Waals surface area contributed by atoms with Gasteiger partial charge in [-0.05, 0) is 18.6 Å². The van der Waals surface area contributed by atoms with Crippen LogP contribution in [0.5, 0.6) is 11.5 Å². The van der Waals surface area contributed by atoms with Crippen molar-refractivity contribution in [3.63, 3.8) is 0 Å². The molecule has 1 aromatic carbocycles. The Kier molecular flexibility index (Phi) is 2.49. The molecule has 0 saturated heterocycles. The summed E-state index contributed by atoms with van der Waals surface area (Å²) in [6.45, 7) is 1.81. The summed E-state index contributed by atoms with van der Waals surface area (Å²) in [4.78, 5) is 3.96. The predicted octanol–water partition coefficient (Wildman–Crippen LogP) is 0.915. The first kappa shape index (κ1) is 10.4. The van der Waals surface area contributed by atoms with Crippen LogP contribution >= 0.6 is 0 Å². The van der Waals surface area contributed by atoms with Crippen LogP contribution in [0.25, 0.3) is 11.4 Å². The molecule has 84 valence electrons. The van der Waals surface area contributed by atoms with Crippen molar-refractivity contribution in [2.45, 2.75) is 13.5 Å². The lowest BCUT2D eigenvalue weighted by molar-refractivity contribution is 0.379. The van der Waals surface area contributed by atoms with E-state index < -0.39 is 0 Å². The van der Waals surface area contributed by atoms with Crippen molar-refractivity contribution >= 4 is 0 Å². The highest BCUT2D eigenvalue weighted by Gasteiger charge is 2.15. The number of nitrogens with zero attached hydrogens (tertiary/aromatic N) is 2. The van der Waals surface area contributed by atoms with Gasteiger partial charge in [0.15, 0.2) is 11.5 Å². The lowest BCUT2D eigenvalue weighted by atomic mass is 10.1. The molecule has 4 N–H and O–H groups in total. The van der Waals surface area contributed by atoms with E-state index in [0.717, 1.165) is 0 Å². The molecule has 0 amide bonds. The normalized spacial score (nSPS) is 10.6. The highest BCUT2D eigenvalue weighted by atomic mass is 16.5. The maximum absolute atomic E-state index is 9.71. The van der Waals surface area contributed by atoms with Gasteiger partial charge in [0, 0.05) is 0 Å². The number of benzene rings is 1. The van der Waals surface area contributed by atoms with Gasteiger partial charge < -0.3 is 20.5 Å². The van der Waals surface area contributed by atoms with E-state index in [2.05, 4.69) is 10.1 Å². The van der Waals surface area contributed by atoms with Gasteiger partial charge in [-0.2, -0.15) is 4.98 Å². The number of phenols is 2. The first-order valence-electron chi connectivity index (χ1n) is 4.68. The molecule has 0 bridgehead atoms. The van der Waals surface area contributed by atoms with E-state index in [1.165, 1.54) is 0 Å². The van der Waals surface area contributed by atoms with Gasteiger partial charge in [0.05, 0.1) is 12.1 Å². The van der Waals surface area contributed by atoms with Gasteiger partial charge in [-0.1, -0.05) is 11.2 Å². The van der Waals surface area contributed by atoms with Gasteiger partial charge in [-0.3, -0.25) is 0 Å². The first-order valence-corrected chi connectivity index (χ1v) is 4.68. The van der Waals surface area contributed by atoms with Crippen molar-refractivity contribution < 1.29 is 14.7 Å². The third-order valence-electron chi connectivity index (χ3n) is 2.24. The minimum Gasteiger partial charge on any atom is -0.504 e. The molecule has 2 aromatic rings. The van der Waals surface area contributed by atoms with Gasteiger partial charge in [0.2, 0.25) is 11.7 Å². The molecule has 1 aromatic heterocycles. The summed E-state index contributed by atoms with van der Waals surface area (Å²) in [5.74, 6) is 0.0312. The van der Waals surface area contributed by atoms with Crippen LogP contribution in [0.3, 0.4) is 0 Å².